The Labute approximate surface area is 109 Å². The lowest BCUT2D eigenvalue weighted by Crippen LogP contribution is -2.40. The van der Waals surface area contributed by atoms with Gasteiger partial charge in [-0.3, -0.25) is 9.59 Å². The minimum absolute atomic E-state index is 0.0871. The van der Waals surface area contributed by atoms with E-state index in [0.717, 1.165) is 11.1 Å². The van der Waals surface area contributed by atoms with E-state index < -0.39 is 5.97 Å². The normalized spacial score (nSPS) is 22.7. The minimum Gasteiger partial charge on any atom is -0.480 e. The molecule has 2 unspecified atom stereocenters. The molecule has 8 nitrogen and oxygen atoms in total. The van der Waals surface area contributed by atoms with Crippen LogP contribution >= 0.6 is 0 Å². The highest BCUT2D eigenvalue weighted by molar-refractivity contribution is 5.92. The highest BCUT2D eigenvalue weighted by atomic mass is 16.4. The third-order valence-corrected chi connectivity index (χ3v) is 3.39. The largest absolute Gasteiger partial charge is 0.480 e. The molecule has 1 amide bonds. The number of aliphatic carboxylic acids is 1. The molecule has 0 radical (unpaired) electrons. The van der Waals surface area contributed by atoms with Crippen LogP contribution in [0, 0.1) is 5.92 Å². The molecular weight excluding hydrogens is 252 g/mol. The molecule has 0 aromatic carbocycles. The Morgan fingerprint density at radius 2 is 2.26 bits per heavy atom. The predicted molar refractivity (Wildman–Crippen MR) is 63.3 cm³/mol. The first-order valence-corrected chi connectivity index (χ1v) is 6.06. The summed E-state index contributed by atoms with van der Waals surface area (Å²) in [5.74, 6) is -1.13. The Balaban J connectivity index is 2.11. The Bertz CT molecular complexity index is 487. The molecule has 0 spiro atoms. The summed E-state index contributed by atoms with van der Waals surface area (Å²) < 4.78 is 1.10. The number of rotatable bonds is 4. The molecule has 1 aliphatic heterocycles. The molecule has 1 saturated heterocycles. The van der Waals surface area contributed by atoms with Gasteiger partial charge >= 0.3 is 5.97 Å². The van der Waals surface area contributed by atoms with Crippen LogP contribution in [-0.2, 0) is 11.3 Å². The van der Waals surface area contributed by atoms with E-state index in [0.29, 0.717) is 6.54 Å². The highest BCUT2D eigenvalue weighted by Gasteiger charge is 2.35. The fourth-order valence-corrected chi connectivity index (χ4v) is 2.30. The number of likely N-dealkylation sites (tertiary alicyclic amines) is 1. The van der Waals surface area contributed by atoms with Crippen molar-refractivity contribution in [2.45, 2.75) is 25.9 Å². The SMILES string of the molecule is CC1CCN(C(=O)c2cn(CC(=O)O)nn2)C1CO. The van der Waals surface area contributed by atoms with Gasteiger partial charge in [0.25, 0.3) is 5.91 Å². The Morgan fingerprint density at radius 1 is 1.53 bits per heavy atom. The lowest BCUT2D eigenvalue weighted by molar-refractivity contribution is -0.137. The first kappa shape index (κ1) is 13.5. The molecule has 0 saturated carbocycles. The van der Waals surface area contributed by atoms with E-state index in [2.05, 4.69) is 10.3 Å². The van der Waals surface area contributed by atoms with Crippen molar-refractivity contribution in [3.8, 4) is 0 Å². The van der Waals surface area contributed by atoms with Crippen LogP contribution < -0.4 is 0 Å². The van der Waals surface area contributed by atoms with Crippen LogP contribution in [0.15, 0.2) is 6.20 Å². The molecule has 1 fully saturated rings. The molecule has 2 atom stereocenters. The van der Waals surface area contributed by atoms with Crippen LogP contribution in [0.2, 0.25) is 0 Å². The standard InChI is InChI=1S/C11H16N4O4/c1-7-2-3-15(9(7)6-16)11(19)8-4-14(13-12-8)5-10(17)18/h4,7,9,16H,2-3,5-6H2,1H3,(H,17,18). The molecule has 2 N–H and O–H groups in total. The summed E-state index contributed by atoms with van der Waals surface area (Å²) in [5, 5.41) is 25.2. The van der Waals surface area contributed by atoms with E-state index in [1.54, 1.807) is 4.90 Å². The Hall–Kier alpha value is -1.96. The number of nitrogens with zero attached hydrogens (tertiary/aromatic N) is 4. The summed E-state index contributed by atoms with van der Waals surface area (Å²) in [6.07, 6.45) is 2.15. The zero-order valence-corrected chi connectivity index (χ0v) is 10.6. The number of aromatic nitrogens is 3. The van der Waals surface area contributed by atoms with Crippen LogP contribution in [0.25, 0.3) is 0 Å². The maximum absolute atomic E-state index is 12.2. The number of aliphatic hydroxyl groups is 1. The number of carboxylic acids is 1. The molecule has 1 aliphatic rings. The number of aliphatic hydroxyl groups excluding tert-OH is 1. The van der Waals surface area contributed by atoms with E-state index >= 15 is 0 Å². The third-order valence-electron chi connectivity index (χ3n) is 3.39. The average Bonchev–Trinajstić information content (AvgIpc) is 2.94. The van der Waals surface area contributed by atoms with Crippen molar-refractivity contribution in [2.75, 3.05) is 13.2 Å². The van der Waals surface area contributed by atoms with Crippen molar-refractivity contribution in [2.24, 2.45) is 5.92 Å². The maximum atomic E-state index is 12.2. The van der Waals surface area contributed by atoms with Gasteiger partial charge in [-0.25, -0.2) is 4.68 Å². The van der Waals surface area contributed by atoms with E-state index in [9.17, 15) is 14.7 Å². The van der Waals surface area contributed by atoms with Gasteiger partial charge in [-0.1, -0.05) is 12.1 Å². The van der Waals surface area contributed by atoms with Gasteiger partial charge in [-0.2, -0.15) is 0 Å². The number of carbonyl (C=O) groups excluding carboxylic acids is 1. The van der Waals surface area contributed by atoms with Crippen LogP contribution in [-0.4, -0.2) is 61.2 Å². The molecule has 0 bridgehead atoms. The predicted octanol–water partition coefficient (Wildman–Crippen LogP) is -0.794. The van der Waals surface area contributed by atoms with Crippen LogP contribution in [0.1, 0.15) is 23.8 Å². The van der Waals surface area contributed by atoms with Gasteiger partial charge in [0.15, 0.2) is 5.69 Å². The van der Waals surface area contributed by atoms with Gasteiger partial charge in [0.2, 0.25) is 0 Å². The van der Waals surface area contributed by atoms with E-state index in [1.165, 1.54) is 6.20 Å². The molecular formula is C11H16N4O4. The van der Waals surface area contributed by atoms with E-state index in [-0.39, 0.29) is 36.7 Å². The van der Waals surface area contributed by atoms with Crippen molar-refractivity contribution in [3.05, 3.63) is 11.9 Å². The van der Waals surface area contributed by atoms with Gasteiger partial charge in [0.1, 0.15) is 6.54 Å². The quantitative estimate of drug-likeness (QED) is 0.740. The number of amides is 1. The van der Waals surface area contributed by atoms with Crippen LogP contribution in [0.3, 0.4) is 0 Å². The topological polar surface area (TPSA) is 109 Å². The zero-order chi connectivity index (χ0) is 14.0. The second kappa shape index (κ2) is 5.35. The lowest BCUT2D eigenvalue weighted by Gasteiger charge is -2.24. The number of carboxylic acid groups (broad SMARTS) is 1. The number of hydrogen-bond acceptors (Lipinski definition) is 5. The van der Waals surface area contributed by atoms with Crippen molar-refractivity contribution < 1.29 is 19.8 Å². The van der Waals surface area contributed by atoms with E-state index in [1.807, 2.05) is 6.92 Å². The monoisotopic (exact) mass is 268 g/mol. The third kappa shape index (κ3) is 2.73. The number of hydrogen-bond donors (Lipinski definition) is 2. The summed E-state index contributed by atoms with van der Waals surface area (Å²) in [6, 6.07) is -0.211. The lowest BCUT2D eigenvalue weighted by atomic mass is 10.0. The second-order valence-corrected chi connectivity index (χ2v) is 4.71. The molecule has 2 rings (SSSR count). The maximum Gasteiger partial charge on any atom is 0.325 e. The Morgan fingerprint density at radius 3 is 2.89 bits per heavy atom. The van der Waals surface area contributed by atoms with Crippen LogP contribution in [0.4, 0.5) is 0 Å². The second-order valence-electron chi connectivity index (χ2n) is 4.71. The molecule has 1 aromatic rings. The fraction of sp³-hybridized carbons (Fsp3) is 0.636. The summed E-state index contributed by atoms with van der Waals surface area (Å²) in [4.78, 5) is 24.3. The Kier molecular flexibility index (Phi) is 3.79. The van der Waals surface area contributed by atoms with E-state index in [4.69, 9.17) is 5.11 Å². The molecule has 1 aromatic heterocycles. The zero-order valence-electron chi connectivity index (χ0n) is 10.6. The molecule has 2 heterocycles. The van der Waals surface area contributed by atoms with Crippen molar-refractivity contribution in [1.29, 1.82) is 0 Å². The van der Waals surface area contributed by atoms with Crippen molar-refractivity contribution >= 4 is 11.9 Å². The summed E-state index contributed by atoms with van der Waals surface area (Å²) in [6.45, 7) is 2.13. The van der Waals surface area contributed by atoms with Gasteiger partial charge in [0, 0.05) is 6.54 Å². The number of carbonyl (C=O) groups is 2. The van der Waals surface area contributed by atoms with Gasteiger partial charge in [-0.05, 0) is 12.3 Å². The average molecular weight is 268 g/mol. The molecule has 0 aliphatic carbocycles. The van der Waals surface area contributed by atoms with Gasteiger partial charge < -0.3 is 15.1 Å². The summed E-state index contributed by atoms with van der Waals surface area (Å²) in [7, 11) is 0. The minimum atomic E-state index is -1.05. The van der Waals surface area contributed by atoms with Crippen molar-refractivity contribution in [3.63, 3.8) is 0 Å². The van der Waals surface area contributed by atoms with Gasteiger partial charge in [-0.15, -0.1) is 5.10 Å². The van der Waals surface area contributed by atoms with Crippen LogP contribution in [0.5, 0.6) is 0 Å². The fourth-order valence-electron chi connectivity index (χ4n) is 2.30. The van der Waals surface area contributed by atoms with Crippen molar-refractivity contribution in [1.82, 2.24) is 19.9 Å². The van der Waals surface area contributed by atoms with Gasteiger partial charge in [0.05, 0.1) is 18.8 Å². The summed E-state index contributed by atoms with van der Waals surface area (Å²) in [5.41, 5.74) is 0.105. The molecule has 104 valence electrons. The molecule has 8 heteroatoms. The molecule has 19 heavy (non-hydrogen) atoms. The first-order chi connectivity index (χ1) is 9.02. The first-order valence-electron chi connectivity index (χ1n) is 6.06. The summed E-state index contributed by atoms with van der Waals surface area (Å²) >= 11 is 0. The smallest absolute Gasteiger partial charge is 0.325 e. The highest BCUT2D eigenvalue weighted by Crippen LogP contribution is 2.24.